The first-order valence-electron chi connectivity index (χ1n) is 5.55. The van der Waals surface area contributed by atoms with Gasteiger partial charge in [-0.2, -0.15) is 0 Å². The van der Waals surface area contributed by atoms with Crippen molar-refractivity contribution in [1.29, 1.82) is 0 Å². The molecule has 5 nitrogen and oxygen atoms in total. The fraction of sp³-hybridized carbons (Fsp3) is 0.417. The summed E-state index contributed by atoms with van der Waals surface area (Å²) in [6.45, 7) is 2.59. The van der Waals surface area contributed by atoms with Crippen LogP contribution in [-0.4, -0.2) is 23.9 Å². The van der Waals surface area contributed by atoms with Crippen molar-refractivity contribution in [2.75, 3.05) is 6.79 Å². The topological polar surface area (TPSA) is 67.8 Å². The van der Waals surface area contributed by atoms with Gasteiger partial charge >= 0.3 is 5.97 Å². The van der Waals surface area contributed by atoms with Gasteiger partial charge in [0, 0.05) is 6.54 Å². The summed E-state index contributed by atoms with van der Waals surface area (Å²) in [5.41, 5.74) is 0.981. The second-order valence-electron chi connectivity index (χ2n) is 3.87. The lowest BCUT2D eigenvalue weighted by Crippen LogP contribution is -2.35. The number of nitrogens with one attached hydrogen (secondary N) is 1. The van der Waals surface area contributed by atoms with Crippen molar-refractivity contribution in [1.82, 2.24) is 5.32 Å². The Bertz CT molecular complexity index is 419. The molecule has 92 valence electrons. The van der Waals surface area contributed by atoms with Crippen molar-refractivity contribution < 1.29 is 19.4 Å². The van der Waals surface area contributed by atoms with Gasteiger partial charge in [0.1, 0.15) is 6.04 Å². The highest BCUT2D eigenvalue weighted by molar-refractivity contribution is 5.73. The van der Waals surface area contributed by atoms with Gasteiger partial charge in [-0.05, 0) is 24.1 Å². The molecule has 1 aliphatic rings. The molecule has 0 amide bonds. The van der Waals surface area contributed by atoms with E-state index in [-0.39, 0.29) is 6.79 Å². The van der Waals surface area contributed by atoms with Gasteiger partial charge in [0.25, 0.3) is 0 Å². The molecule has 1 aromatic rings. The van der Waals surface area contributed by atoms with E-state index in [0.717, 1.165) is 11.3 Å². The van der Waals surface area contributed by atoms with Crippen molar-refractivity contribution in [2.45, 2.75) is 25.9 Å². The number of hydrogen-bond acceptors (Lipinski definition) is 4. The van der Waals surface area contributed by atoms with Crippen molar-refractivity contribution >= 4 is 5.97 Å². The molecule has 2 N–H and O–H groups in total. The van der Waals surface area contributed by atoms with Crippen molar-refractivity contribution in [3.8, 4) is 11.5 Å². The van der Waals surface area contributed by atoms with Gasteiger partial charge < -0.3 is 19.9 Å². The van der Waals surface area contributed by atoms with Gasteiger partial charge in [-0.3, -0.25) is 4.79 Å². The third-order valence-electron chi connectivity index (χ3n) is 2.70. The van der Waals surface area contributed by atoms with E-state index in [4.69, 9.17) is 14.6 Å². The summed E-state index contributed by atoms with van der Waals surface area (Å²) >= 11 is 0. The van der Waals surface area contributed by atoms with E-state index in [1.807, 2.05) is 25.1 Å². The first-order chi connectivity index (χ1) is 8.20. The minimum absolute atomic E-state index is 0.249. The molecule has 0 aliphatic carbocycles. The van der Waals surface area contributed by atoms with Gasteiger partial charge in [0.15, 0.2) is 11.5 Å². The quantitative estimate of drug-likeness (QED) is 0.809. The second-order valence-corrected chi connectivity index (χ2v) is 3.87. The summed E-state index contributed by atoms with van der Waals surface area (Å²) in [7, 11) is 0. The number of benzene rings is 1. The normalized spacial score (nSPS) is 14.6. The lowest BCUT2D eigenvalue weighted by Gasteiger charge is -2.12. The van der Waals surface area contributed by atoms with E-state index in [1.165, 1.54) is 0 Å². The van der Waals surface area contributed by atoms with Gasteiger partial charge in [-0.25, -0.2) is 0 Å². The standard InChI is InChI=1S/C12H15NO4/c1-2-9(12(14)15)13-6-8-3-4-10-11(5-8)17-7-16-10/h3-5,9,13H,2,6-7H2,1H3,(H,14,15). The fourth-order valence-electron chi connectivity index (χ4n) is 1.70. The number of rotatable bonds is 5. The SMILES string of the molecule is CCC(NCc1ccc2c(c1)OCO2)C(=O)O. The number of fused-ring (bicyclic) bond motifs is 1. The maximum atomic E-state index is 10.8. The maximum absolute atomic E-state index is 10.8. The second kappa shape index (κ2) is 5.05. The third kappa shape index (κ3) is 2.68. The number of hydrogen-bond donors (Lipinski definition) is 2. The molecule has 0 aromatic heterocycles. The summed E-state index contributed by atoms with van der Waals surface area (Å²) in [4.78, 5) is 10.8. The van der Waals surface area contributed by atoms with Crippen LogP contribution in [0.25, 0.3) is 0 Å². The average molecular weight is 237 g/mol. The van der Waals surface area contributed by atoms with Crippen LogP contribution in [-0.2, 0) is 11.3 Å². The highest BCUT2D eigenvalue weighted by Crippen LogP contribution is 2.32. The Morgan fingerprint density at radius 1 is 1.47 bits per heavy atom. The molecule has 1 heterocycles. The van der Waals surface area contributed by atoms with Crippen LogP contribution in [0.15, 0.2) is 18.2 Å². The molecule has 0 bridgehead atoms. The summed E-state index contributed by atoms with van der Waals surface area (Å²) in [6.07, 6.45) is 0.555. The third-order valence-corrected chi connectivity index (χ3v) is 2.70. The summed E-state index contributed by atoms with van der Waals surface area (Å²) < 4.78 is 10.5. The Balaban J connectivity index is 1.97. The highest BCUT2D eigenvalue weighted by Gasteiger charge is 2.16. The molecule has 0 saturated heterocycles. The molecule has 1 aromatic carbocycles. The zero-order valence-corrected chi connectivity index (χ0v) is 9.60. The Hall–Kier alpha value is -1.75. The van der Waals surface area contributed by atoms with Gasteiger partial charge in [0.05, 0.1) is 0 Å². The predicted molar refractivity (Wildman–Crippen MR) is 61.1 cm³/mol. The molecule has 5 heteroatoms. The van der Waals surface area contributed by atoms with Crippen LogP contribution in [0, 0.1) is 0 Å². The highest BCUT2D eigenvalue weighted by atomic mass is 16.7. The Labute approximate surface area is 99.3 Å². The molecule has 1 atom stereocenters. The molecule has 2 rings (SSSR count). The molecular formula is C12H15NO4. The van der Waals surface area contributed by atoms with Crippen LogP contribution < -0.4 is 14.8 Å². The van der Waals surface area contributed by atoms with Crippen LogP contribution in [0.1, 0.15) is 18.9 Å². The Morgan fingerprint density at radius 2 is 2.24 bits per heavy atom. The molecule has 1 unspecified atom stereocenters. The molecule has 0 radical (unpaired) electrons. The zero-order chi connectivity index (χ0) is 12.3. The summed E-state index contributed by atoms with van der Waals surface area (Å²) in [6, 6.07) is 5.08. The largest absolute Gasteiger partial charge is 0.480 e. The smallest absolute Gasteiger partial charge is 0.320 e. The van der Waals surface area contributed by atoms with Gasteiger partial charge in [0.2, 0.25) is 6.79 Å². The number of ether oxygens (including phenoxy) is 2. The van der Waals surface area contributed by atoms with Gasteiger partial charge in [-0.15, -0.1) is 0 Å². The number of carboxylic acids is 1. The minimum atomic E-state index is -0.826. The van der Waals surface area contributed by atoms with E-state index in [0.29, 0.717) is 18.7 Å². The lowest BCUT2D eigenvalue weighted by molar-refractivity contribution is -0.139. The average Bonchev–Trinajstić information content (AvgIpc) is 2.76. The molecule has 17 heavy (non-hydrogen) atoms. The van der Waals surface area contributed by atoms with E-state index < -0.39 is 12.0 Å². The molecule has 0 spiro atoms. The van der Waals surface area contributed by atoms with Crippen molar-refractivity contribution in [2.24, 2.45) is 0 Å². The minimum Gasteiger partial charge on any atom is -0.480 e. The number of carboxylic acid groups (broad SMARTS) is 1. The zero-order valence-electron chi connectivity index (χ0n) is 9.60. The number of aliphatic carboxylic acids is 1. The lowest BCUT2D eigenvalue weighted by atomic mass is 10.1. The Kier molecular flexibility index (Phi) is 3.49. The monoisotopic (exact) mass is 237 g/mol. The summed E-state index contributed by atoms with van der Waals surface area (Å²) in [5, 5.41) is 11.9. The van der Waals surface area contributed by atoms with Crippen LogP contribution in [0.3, 0.4) is 0 Å². The van der Waals surface area contributed by atoms with E-state index in [1.54, 1.807) is 0 Å². The van der Waals surface area contributed by atoms with E-state index >= 15 is 0 Å². The summed E-state index contributed by atoms with van der Waals surface area (Å²) in [5.74, 6) is 0.625. The van der Waals surface area contributed by atoms with Crippen LogP contribution in [0.4, 0.5) is 0 Å². The van der Waals surface area contributed by atoms with Crippen LogP contribution in [0.5, 0.6) is 11.5 Å². The van der Waals surface area contributed by atoms with Crippen molar-refractivity contribution in [3.63, 3.8) is 0 Å². The first-order valence-corrected chi connectivity index (χ1v) is 5.55. The predicted octanol–water partition coefficient (Wildman–Crippen LogP) is 1.37. The molecule has 0 fully saturated rings. The maximum Gasteiger partial charge on any atom is 0.320 e. The molecule has 0 saturated carbocycles. The van der Waals surface area contributed by atoms with Crippen LogP contribution >= 0.6 is 0 Å². The van der Waals surface area contributed by atoms with Crippen LogP contribution in [0.2, 0.25) is 0 Å². The van der Waals surface area contributed by atoms with E-state index in [2.05, 4.69) is 5.32 Å². The fourth-order valence-corrected chi connectivity index (χ4v) is 1.70. The van der Waals surface area contributed by atoms with Crippen molar-refractivity contribution in [3.05, 3.63) is 23.8 Å². The Morgan fingerprint density at radius 3 is 2.94 bits per heavy atom. The molecule has 1 aliphatic heterocycles. The van der Waals surface area contributed by atoms with Gasteiger partial charge in [-0.1, -0.05) is 13.0 Å². The molecular weight excluding hydrogens is 222 g/mol. The first kappa shape index (κ1) is 11.7. The van der Waals surface area contributed by atoms with E-state index in [9.17, 15) is 4.79 Å². The number of carbonyl (C=O) groups is 1.